The number of thiazole rings is 1. The number of nitrogens with zero attached hydrogens (tertiary/aromatic N) is 2. The Balaban J connectivity index is 1.65. The van der Waals surface area contributed by atoms with Crippen molar-refractivity contribution in [3.8, 4) is 5.75 Å². The summed E-state index contributed by atoms with van der Waals surface area (Å²) in [5.41, 5.74) is 10.7. The molecule has 0 unspecified atom stereocenters. The number of carbonyl (C=O) groups is 1. The van der Waals surface area contributed by atoms with E-state index in [0.29, 0.717) is 10.9 Å². The van der Waals surface area contributed by atoms with Gasteiger partial charge in [0.1, 0.15) is 5.75 Å². The molecule has 6 nitrogen and oxygen atoms in total. The minimum absolute atomic E-state index is 0.206. The first-order valence-electron chi connectivity index (χ1n) is 7.35. The molecular weight excluding hydrogens is 404 g/mol. The van der Waals surface area contributed by atoms with Crippen LogP contribution in [0.1, 0.15) is 11.1 Å². The molecule has 128 valence electrons. The van der Waals surface area contributed by atoms with Crippen LogP contribution < -0.4 is 15.9 Å². The summed E-state index contributed by atoms with van der Waals surface area (Å²) in [7, 11) is 1.58. The van der Waals surface area contributed by atoms with Crippen molar-refractivity contribution in [3.05, 3.63) is 52.0 Å². The highest BCUT2D eigenvalue weighted by molar-refractivity contribution is 9.10. The number of hydrazone groups is 1. The molecule has 0 aliphatic carbocycles. The van der Waals surface area contributed by atoms with Crippen LogP contribution in [0.4, 0.5) is 5.13 Å². The van der Waals surface area contributed by atoms with E-state index in [1.54, 1.807) is 13.3 Å². The summed E-state index contributed by atoms with van der Waals surface area (Å²) in [6.45, 7) is 0. The first-order valence-corrected chi connectivity index (χ1v) is 8.96. The highest BCUT2D eigenvalue weighted by atomic mass is 79.9. The summed E-state index contributed by atoms with van der Waals surface area (Å²) >= 11 is 4.80. The summed E-state index contributed by atoms with van der Waals surface area (Å²) in [6, 6.07) is 11.2. The lowest BCUT2D eigenvalue weighted by Crippen LogP contribution is -2.19. The number of methoxy groups -OCH3 is 1. The number of nitrogens with two attached hydrogens (primary N) is 1. The molecule has 0 saturated heterocycles. The van der Waals surface area contributed by atoms with Crippen LogP contribution in [0.15, 0.2) is 46.0 Å². The van der Waals surface area contributed by atoms with Crippen molar-refractivity contribution in [1.29, 1.82) is 0 Å². The van der Waals surface area contributed by atoms with Crippen molar-refractivity contribution in [2.24, 2.45) is 5.10 Å². The quantitative estimate of drug-likeness (QED) is 0.490. The molecule has 1 amide bonds. The smallest absolute Gasteiger partial charge is 0.244 e. The number of hydrogen-bond acceptors (Lipinski definition) is 6. The van der Waals surface area contributed by atoms with Crippen LogP contribution in [0.3, 0.4) is 0 Å². The Hall–Kier alpha value is -2.45. The van der Waals surface area contributed by atoms with Gasteiger partial charge in [0.25, 0.3) is 0 Å². The predicted octanol–water partition coefficient (Wildman–Crippen LogP) is 3.34. The zero-order chi connectivity index (χ0) is 17.8. The van der Waals surface area contributed by atoms with Crippen LogP contribution in [-0.4, -0.2) is 24.2 Å². The molecule has 0 bridgehead atoms. The number of anilines is 1. The van der Waals surface area contributed by atoms with Crippen LogP contribution in [0.5, 0.6) is 5.75 Å². The van der Waals surface area contributed by atoms with Crippen LogP contribution in [0.2, 0.25) is 0 Å². The highest BCUT2D eigenvalue weighted by Gasteiger charge is 2.06. The lowest BCUT2D eigenvalue weighted by atomic mass is 10.1. The van der Waals surface area contributed by atoms with Gasteiger partial charge in [-0.1, -0.05) is 33.3 Å². The summed E-state index contributed by atoms with van der Waals surface area (Å²) in [6.07, 6.45) is 1.77. The largest absolute Gasteiger partial charge is 0.496 e. The van der Waals surface area contributed by atoms with Crippen molar-refractivity contribution in [1.82, 2.24) is 10.4 Å². The number of ether oxygens (including phenoxy) is 1. The second-order valence-electron chi connectivity index (χ2n) is 5.21. The zero-order valence-electron chi connectivity index (χ0n) is 13.3. The molecule has 0 spiro atoms. The molecular formula is C17H15BrN4O2S. The van der Waals surface area contributed by atoms with Gasteiger partial charge in [-0.05, 0) is 35.9 Å². The third-order valence-corrected chi connectivity index (χ3v) is 4.76. The molecule has 0 radical (unpaired) electrons. The number of carbonyl (C=O) groups excluding carboxylic acids is 1. The van der Waals surface area contributed by atoms with Crippen LogP contribution >= 0.6 is 27.3 Å². The Labute approximate surface area is 156 Å². The van der Waals surface area contributed by atoms with Gasteiger partial charge in [-0.15, -0.1) is 0 Å². The van der Waals surface area contributed by atoms with E-state index in [1.165, 1.54) is 11.3 Å². The number of nitrogens with one attached hydrogen (secondary N) is 1. The van der Waals surface area contributed by atoms with E-state index in [0.717, 1.165) is 25.8 Å². The van der Waals surface area contributed by atoms with Crippen molar-refractivity contribution in [2.45, 2.75) is 6.42 Å². The van der Waals surface area contributed by atoms with Gasteiger partial charge < -0.3 is 10.5 Å². The second kappa shape index (κ2) is 7.62. The number of halogens is 1. The fourth-order valence-corrected chi connectivity index (χ4v) is 3.48. The van der Waals surface area contributed by atoms with E-state index in [2.05, 4.69) is 31.4 Å². The van der Waals surface area contributed by atoms with E-state index >= 15 is 0 Å². The molecule has 3 rings (SSSR count). The van der Waals surface area contributed by atoms with Gasteiger partial charge in [-0.3, -0.25) is 4.79 Å². The number of aromatic nitrogens is 1. The highest BCUT2D eigenvalue weighted by Crippen LogP contribution is 2.24. The molecule has 0 saturated carbocycles. The lowest BCUT2D eigenvalue weighted by Gasteiger charge is -2.05. The molecule has 0 atom stereocenters. The van der Waals surface area contributed by atoms with Crippen LogP contribution in [-0.2, 0) is 11.2 Å². The standard InChI is InChI=1S/C17H15BrN4O2S/c1-24-14-5-3-12(18)8-11(14)9-20-22-16(23)7-10-2-4-13-15(6-10)25-17(19)21-13/h2-6,8-9H,7H2,1H3,(H2,19,21)(H,22,23)/b20-9-. The molecule has 0 fully saturated rings. The number of fused-ring (bicyclic) bond motifs is 1. The van der Waals surface area contributed by atoms with E-state index in [9.17, 15) is 4.79 Å². The van der Waals surface area contributed by atoms with Gasteiger partial charge in [0.15, 0.2) is 5.13 Å². The van der Waals surface area contributed by atoms with E-state index < -0.39 is 0 Å². The van der Waals surface area contributed by atoms with Crippen LogP contribution in [0.25, 0.3) is 10.2 Å². The Bertz CT molecular complexity index is 955. The average molecular weight is 419 g/mol. The molecule has 8 heteroatoms. The summed E-state index contributed by atoms with van der Waals surface area (Å²) < 4.78 is 7.12. The molecule has 0 aliphatic rings. The van der Waals surface area contributed by atoms with Gasteiger partial charge in [0.05, 0.1) is 30.0 Å². The SMILES string of the molecule is COc1ccc(Br)cc1/C=N\NC(=O)Cc1ccc2nc(N)sc2c1. The van der Waals surface area contributed by atoms with E-state index in [1.807, 2.05) is 36.4 Å². The van der Waals surface area contributed by atoms with Gasteiger partial charge in [-0.25, -0.2) is 10.4 Å². The van der Waals surface area contributed by atoms with E-state index in [-0.39, 0.29) is 12.3 Å². The van der Waals surface area contributed by atoms with Gasteiger partial charge in [-0.2, -0.15) is 5.10 Å². The molecule has 0 aliphatic heterocycles. The molecule has 25 heavy (non-hydrogen) atoms. The summed E-state index contributed by atoms with van der Waals surface area (Å²) in [4.78, 5) is 16.3. The molecule has 3 aromatic rings. The average Bonchev–Trinajstić information content (AvgIpc) is 2.94. The van der Waals surface area contributed by atoms with Gasteiger partial charge in [0.2, 0.25) is 5.91 Å². The van der Waals surface area contributed by atoms with Crippen molar-refractivity contribution in [2.75, 3.05) is 12.8 Å². The number of rotatable bonds is 5. The predicted molar refractivity (Wildman–Crippen MR) is 104 cm³/mol. The fraction of sp³-hybridized carbons (Fsp3) is 0.118. The van der Waals surface area contributed by atoms with Crippen LogP contribution in [0, 0.1) is 0 Å². The normalized spacial score (nSPS) is 11.1. The van der Waals surface area contributed by atoms with Gasteiger partial charge in [0, 0.05) is 10.0 Å². The maximum Gasteiger partial charge on any atom is 0.244 e. The van der Waals surface area contributed by atoms with Crippen molar-refractivity contribution in [3.63, 3.8) is 0 Å². The summed E-state index contributed by atoms with van der Waals surface area (Å²) in [5.74, 6) is 0.469. The van der Waals surface area contributed by atoms with Crippen molar-refractivity contribution < 1.29 is 9.53 Å². The third-order valence-electron chi connectivity index (χ3n) is 3.42. The van der Waals surface area contributed by atoms with Gasteiger partial charge >= 0.3 is 0 Å². The monoisotopic (exact) mass is 418 g/mol. The first-order chi connectivity index (χ1) is 12.0. The Morgan fingerprint density at radius 3 is 3.04 bits per heavy atom. The molecule has 1 heterocycles. The van der Waals surface area contributed by atoms with Crippen molar-refractivity contribution >= 4 is 54.7 Å². The maximum absolute atomic E-state index is 12.1. The first kappa shape index (κ1) is 17.4. The topological polar surface area (TPSA) is 89.6 Å². The number of amides is 1. The summed E-state index contributed by atoms with van der Waals surface area (Å²) in [5, 5.41) is 4.52. The number of hydrogen-bond donors (Lipinski definition) is 2. The Morgan fingerprint density at radius 1 is 1.40 bits per heavy atom. The number of benzene rings is 2. The fourth-order valence-electron chi connectivity index (χ4n) is 2.30. The Morgan fingerprint density at radius 2 is 2.24 bits per heavy atom. The molecule has 2 aromatic carbocycles. The van der Waals surface area contributed by atoms with E-state index in [4.69, 9.17) is 10.5 Å². The number of nitrogen functional groups attached to an aromatic ring is 1. The third kappa shape index (κ3) is 4.34. The molecule has 3 N–H and O–H groups in total. The Kier molecular flexibility index (Phi) is 5.30. The zero-order valence-corrected chi connectivity index (χ0v) is 15.7. The maximum atomic E-state index is 12.1. The minimum atomic E-state index is -0.206. The lowest BCUT2D eigenvalue weighted by molar-refractivity contribution is -0.120. The second-order valence-corrected chi connectivity index (χ2v) is 7.19. The minimum Gasteiger partial charge on any atom is -0.496 e. The molecule has 1 aromatic heterocycles.